The van der Waals surface area contributed by atoms with Crippen LogP contribution in [-0.4, -0.2) is 25.3 Å². The molecule has 6 heteroatoms. The predicted octanol–water partition coefficient (Wildman–Crippen LogP) is 4.56. The van der Waals surface area contributed by atoms with Crippen molar-refractivity contribution in [3.63, 3.8) is 0 Å². The minimum absolute atomic E-state index is 0.139. The standard InChI is InChI=1S/C21H30N4O2/c1-13-10-14(2)22-19-17(13)23-18(16-9-8-15(11-26)27-16)25(19)24-21(6,7)12-20(3,4)5/h8-10,24,26H,11-12H2,1-7H3. The summed E-state index contributed by atoms with van der Waals surface area (Å²) in [6.07, 6.45) is 0.962. The summed E-state index contributed by atoms with van der Waals surface area (Å²) in [6.45, 7) is 14.9. The van der Waals surface area contributed by atoms with E-state index in [0.29, 0.717) is 17.3 Å². The number of imidazole rings is 1. The number of nitrogens with one attached hydrogen (secondary N) is 1. The third-order valence-corrected chi connectivity index (χ3v) is 4.36. The smallest absolute Gasteiger partial charge is 0.197 e. The molecule has 0 aliphatic carbocycles. The van der Waals surface area contributed by atoms with Gasteiger partial charge in [0.1, 0.15) is 17.9 Å². The highest BCUT2D eigenvalue weighted by atomic mass is 16.4. The van der Waals surface area contributed by atoms with Crippen LogP contribution in [0.4, 0.5) is 0 Å². The molecule has 2 N–H and O–H groups in total. The van der Waals surface area contributed by atoms with Crippen molar-refractivity contribution >= 4 is 11.2 Å². The minimum atomic E-state index is -0.188. The summed E-state index contributed by atoms with van der Waals surface area (Å²) in [4.78, 5) is 9.55. The summed E-state index contributed by atoms with van der Waals surface area (Å²) in [5, 5.41) is 9.35. The molecule has 0 saturated heterocycles. The van der Waals surface area contributed by atoms with Crippen LogP contribution >= 0.6 is 0 Å². The van der Waals surface area contributed by atoms with E-state index in [-0.39, 0.29) is 17.6 Å². The number of hydrogen-bond acceptors (Lipinski definition) is 5. The number of aryl methyl sites for hydroxylation is 2. The van der Waals surface area contributed by atoms with Crippen LogP contribution in [0.3, 0.4) is 0 Å². The Balaban J connectivity index is 2.17. The number of pyridine rings is 1. The van der Waals surface area contributed by atoms with E-state index in [1.54, 1.807) is 6.07 Å². The number of aromatic nitrogens is 3. The van der Waals surface area contributed by atoms with Crippen molar-refractivity contribution in [1.82, 2.24) is 14.6 Å². The Morgan fingerprint density at radius 2 is 1.81 bits per heavy atom. The van der Waals surface area contributed by atoms with E-state index < -0.39 is 0 Å². The number of aliphatic hydroxyl groups excluding tert-OH is 1. The number of aliphatic hydroxyl groups is 1. The number of furan rings is 1. The van der Waals surface area contributed by atoms with Crippen molar-refractivity contribution in [3.05, 3.63) is 35.2 Å². The van der Waals surface area contributed by atoms with Crippen LogP contribution < -0.4 is 5.43 Å². The minimum Gasteiger partial charge on any atom is -0.455 e. The Bertz CT molecular complexity index is 961. The maximum absolute atomic E-state index is 9.35. The first-order valence-electron chi connectivity index (χ1n) is 9.34. The SMILES string of the molecule is Cc1cc(C)c2nc(-c3ccc(CO)o3)n(NC(C)(C)CC(C)(C)C)c2n1. The van der Waals surface area contributed by atoms with E-state index in [9.17, 15) is 5.11 Å². The summed E-state index contributed by atoms with van der Waals surface area (Å²) < 4.78 is 7.71. The first-order chi connectivity index (χ1) is 12.5. The Morgan fingerprint density at radius 3 is 2.41 bits per heavy atom. The fourth-order valence-corrected chi connectivity index (χ4v) is 3.88. The molecule has 0 aliphatic heterocycles. The third kappa shape index (κ3) is 4.16. The fourth-order valence-electron chi connectivity index (χ4n) is 3.88. The van der Waals surface area contributed by atoms with E-state index in [2.05, 4.69) is 40.0 Å². The second-order valence-electron chi connectivity index (χ2n) is 9.18. The lowest BCUT2D eigenvalue weighted by Gasteiger charge is -2.34. The first kappa shape index (κ1) is 19.4. The quantitative estimate of drug-likeness (QED) is 0.688. The van der Waals surface area contributed by atoms with Gasteiger partial charge in [-0.15, -0.1) is 0 Å². The second-order valence-corrected chi connectivity index (χ2v) is 9.18. The molecule has 6 nitrogen and oxygen atoms in total. The van der Waals surface area contributed by atoms with E-state index in [1.165, 1.54) is 0 Å². The van der Waals surface area contributed by atoms with E-state index in [1.807, 2.05) is 30.7 Å². The van der Waals surface area contributed by atoms with Crippen LogP contribution in [0.15, 0.2) is 22.6 Å². The van der Waals surface area contributed by atoms with Gasteiger partial charge in [-0.05, 0) is 63.3 Å². The topological polar surface area (TPSA) is 76.1 Å². The average Bonchev–Trinajstić information content (AvgIpc) is 3.10. The maximum Gasteiger partial charge on any atom is 0.197 e. The van der Waals surface area contributed by atoms with Gasteiger partial charge in [-0.2, -0.15) is 0 Å². The highest BCUT2D eigenvalue weighted by molar-refractivity contribution is 5.80. The zero-order valence-electron chi connectivity index (χ0n) is 17.3. The van der Waals surface area contributed by atoms with E-state index in [0.717, 1.165) is 28.8 Å². The van der Waals surface area contributed by atoms with Gasteiger partial charge in [-0.1, -0.05) is 20.8 Å². The molecule has 3 heterocycles. The molecule has 3 aromatic heterocycles. The third-order valence-electron chi connectivity index (χ3n) is 4.36. The first-order valence-corrected chi connectivity index (χ1v) is 9.34. The molecule has 0 aromatic carbocycles. The van der Waals surface area contributed by atoms with E-state index >= 15 is 0 Å². The van der Waals surface area contributed by atoms with Gasteiger partial charge in [-0.25, -0.2) is 14.6 Å². The molecule has 3 rings (SSSR count). The summed E-state index contributed by atoms with van der Waals surface area (Å²) in [7, 11) is 0. The lowest BCUT2D eigenvalue weighted by molar-refractivity contribution is 0.248. The van der Waals surface area contributed by atoms with Crippen LogP contribution in [0.2, 0.25) is 0 Å². The molecule has 0 spiro atoms. The molecule has 0 aliphatic rings. The number of hydrogen-bond donors (Lipinski definition) is 2. The monoisotopic (exact) mass is 370 g/mol. The van der Waals surface area contributed by atoms with Crippen molar-refractivity contribution < 1.29 is 9.52 Å². The van der Waals surface area contributed by atoms with Crippen molar-refractivity contribution in [2.75, 3.05) is 5.43 Å². The molecule has 0 atom stereocenters. The molecule has 0 unspecified atom stereocenters. The predicted molar refractivity (Wildman–Crippen MR) is 108 cm³/mol. The van der Waals surface area contributed by atoms with Crippen LogP contribution in [0, 0.1) is 19.3 Å². The summed E-state index contributed by atoms with van der Waals surface area (Å²) in [5.74, 6) is 1.78. The van der Waals surface area contributed by atoms with Gasteiger partial charge in [0.15, 0.2) is 17.2 Å². The molecular weight excluding hydrogens is 340 g/mol. The Morgan fingerprint density at radius 1 is 1.11 bits per heavy atom. The highest BCUT2D eigenvalue weighted by Gasteiger charge is 2.28. The van der Waals surface area contributed by atoms with Crippen molar-refractivity contribution in [1.29, 1.82) is 0 Å². The Labute approximate surface area is 160 Å². The molecule has 0 radical (unpaired) electrons. The number of fused-ring (bicyclic) bond motifs is 1. The molecule has 0 saturated carbocycles. The van der Waals surface area contributed by atoms with Gasteiger partial charge in [0, 0.05) is 11.2 Å². The zero-order valence-corrected chi connectivity index (χ0v) is 17.3. The molecule has 27 heavy (non-hydrogen) atoms. The molecule has 0 bridgehead atoms. The van der Waals surface area contributed by atoms with Gasteiger partial charge in [-0.3, -0.25) is 0 Å². The second kappa shape index (κ2) is 6.68. The van der Waals surface area contributed by atoms with Crippen molar-refractivity contribution in [2.24, 2.45) is 5.41 Å². The highest BCUT2D eigenvalue weighted by Crippen LogP contribution is 2.31. The fraction of sp³-hybridized carbons (Fsp3) is 0.524. The average molecular weight is 370 g/mol. The van der Waals surface area contributed by atoms with Crippen molar-refractivity contribution in [2.45, 2.75) is 67.0 Å². The van der Waals surface area contributed by atoms with Gasteiger partial charge < -0.3 is 14.9 Å². The Hall–Kier alpha value is -2.34. The summed E-state index contributed by atoms with van der Waals surface area (Å²) in [6, 6.07) is 5.64. The van der Waals surface area contributed by atoms with Crippen LogP contribution in [-0.2, 0) is 6.61 Å². The lowest BCUT2D eigenvalue weighted by atomic mass is 9.82. The number of rotatable bonds is 5. The number of nitrogens with zero attached hydrogens (tertiary/aromatic N) is 3. The van der Waals surface area contributed by atoms with Gasteiger partial charge in [0.25, 0.3) is 0 Å². The van der Waals surface area contributed by atoms with Crippen LogP contribution in [0.25, 0.3) is 22.7 Å². The molecular formula is C21H30N4O2. The van der Waals surface area contributed by atoms with Gasteiger partial charge >= 0.3 is 0 Å². The molecule has 3 aromatic rings. The zero-order chi connectivity index (χ0) is 20.0. The normalized spacial score (nSPS) is 12.7. The van der Waals surface area contributed by atoms with Gasteiger partial charge in [0.05, 0.1) is 0 Å². The maximum atomic E-state index is 9.35. The molecule has 0 fully saturated rings. The van der Waals surface area contributed by atoms with Crippen LogP contribution in [0.1, 0.15) is 58.1 Å². The molecule has 0 amide bonds. The molecule has 146 valence electrons. The van der Waals surface area contributed by atoms with Crippen molar-refractivity contribution in [3.8, 4) is 11.6 Å². The van der Waals surface area contributed by atoms with Gasteiger partial charge in [0.2, 0.25) is 0 Å². The largest absolute Gasteiger partial charge is 0.455 e. The van der Waals surface area contributed by atoms with E-state index in [4.69, 9.17) is 14.4 Å². The Kier molecular flexibility index (Phi) is 4.80. The van der Waals surface area contributed by atoms with Crippen LogP contribution in [0.5, 0.6) is 0 Å². The lowest BCUT2D eigenvalue weighted by Crippen LogP contribution is -2.41. The summed E-state index contributed by atoms with van der Waals surface area (Å²) >= 11 is 0. The summed E-state index contributed by atoms with van der Waals surface area (Å²) in [5.41, 5.74) is 7.24.